The molecule has 63 heavy (non-hydrogen) atoms. The second-order valence-corrected chi connectivity index (χ2v) is 20.4. The van der Waals surface area contributed by atoms with Gasteiger partial charge in [0.2, 0.25) is 0 Å². The van der Waals surface area contributed by atoms with Crippen molar-refractivity contribution in [1.29, 1.82) is 0 Å². The Morgan fingerprint density at radius 2 is 0.667 bits per heavy atom. The van der Waals surface area contributed by atoms with Crippen molar-refractivity contribution in [2.75, 3.05) is 28.4 Å². The van der Waals surface area contributed by atoms with E-state index in [9.17, 15) is 10.4 Å². The molecule has 0 heterocycles. The first-order valence-corrected chi connectivity index (χ1v) is 23.7. The standard InChI is InChI=1S/2C26H32NO3P.Fe/c2*1-8-20-9-10-24(23(20)15-27-28)31(21-11-16(2)25(29-6)17(3)12-21)22-13-18(4)26(30-7)19(5)14-22;/h2*9-15,23,28H,8H2,1-7H3;/q;;+2/p-2/b2*27-15+;. The van der Waals surface area contributed by atoms with Crippen LogP contribution in [-0.4, -0.2) is 40.9 Å². The van der Waals surface area contributed by atoms with Gasteiger partial charge in [0.15, 0.2) is 0 Å². The number of ether oxygens (including phenoxy) is 4. The third-order valence-corrected chi connectivity index (χ3v) is 16.7. The number of hydrogen-bond donors (Lipinski definition) is 0. The van der Waals surface area contributed by atoms with Crippen LogP contribution in [-0.2, 0) is 17.1 Å². The Morgan fingerprint density at radius 1 is 0.444 bits per heavy atom. The number of rotatable bonds is 14. The normalized spacial score (nSPS) is 15.8. The fraction of sp³-hybridized carbons (Fsp3) is 0.346. The van der Waals surface area contributed by atoms with E-state index in [0.717, 1.165) is 80.3 Å². The fourth-order valence-corrected chi connectivity index (χ4v) is 15.0. The number of aryl methyl sites for hydroxylation is 8. The van der Waals surface area contributed by atoms with Gasteiger partial charge in [0.1, 0.15) is 23.0 Å². The summed E-state index contributed by atoms with van der Waals surface area (Å²) < 4.78 is 22.4. The molecule has 2 unspecified atom stereocenters. The molecule has 4 aromatic rings. The van der Waals surface area contributed by atoms with Gasteiger partial charge in [-0.15, -0.1) is 0 Å². The van der Waals surface area contributed by atoms with Crippen LogP contribution in [0.2, 0.25) is 0 Å². The summed E-state index contributed by atoms with van der Waals surface area (Å²) in [6.07, 6.45) is 13.6. The van der Waals surface area contributed by atoms with E-state index in [1.807, 2.05) is 0 Å². The van der Waals surface area contributed by atoms with Crippen LogP contribution in [0.1, 0.15) is 71.2 Å². The van der Waals surface area contributed by atoms with Gasteiger partial charge in [-0.25, -0.2) is 0 Å². The number of hydrogen-bond acceptors (Lipinski definition) is 8. The first-order valence-electron chi connectivity index (χ1n) is 21.1. The molecule has 2 aliphatic carbocycles. The Balaban J connectivity index is 0.000000272. The van der Waals surface area contributed by atoms with Gasteiger partial charge in [0, 0.05) is 24.3 Å². The van der Waals surface area contributed by atoms with Crippen LogP contribution in [0.5, 0.6) is 23.0 Å². The van der Waals surface area contributed by atoms with Gasteiger partial charge in [-0.3, -0.25) is 0 Å². The van der Waals surface area contributed by atoms with E-state index in [2.05, 4.69) is 152 Å². The van der Waals surface area contributed by atoms with E-state index >= 15 is 0 Å². The van der Waals surface area contributed by atoms with E-state index in [0.29, 0.717) is 0 Å². The average Bonchev–Trinajstić information content (AvgIpc) is 3.81. The molecule has 0 spiro atoms. The molecule has 0 aliphatic heterocycles. The molecule has 2 atom stereocenters. The molecule has 0 amide bonds. The summed E-state index contributed by atoms with van der Waals surface area (Å²) in [6, 6.07) is 17.8. The van der Waals surface area contributed by atoms with Gasteiger partial charge in [0.05, 0.1) is 28.4 Å². The van der Waals surface area contributed by atoms with Crippen LogP contribution in [0.25, 0.3) is 0 Å². The van der Waals surface area contributed by atoms with Crippen molar-refractivity contribution in [2.45, 2.75) is 82.1 Å². The molecule has 2 aliphatic rings. The van der Waals surface area contributed by atoms with Gasteiger partial charge in [-0.05, 0) is 209 Å². The maximum absolute atomic E-state index is 11.3. The number of allylic oxidation sites excluding steroid dienone is 8. The van der Waals surface area contributed by atoms with Crippen LogP contribution in [0.4, 0.5) is 0 Å². The van der Waals surface area contributed by atoms with Crippen molar-refractivity contribution in [3.8, 4) is 23.0 Å². The zero-order valence-electron chi connectivity index (χ0n) is 39.2. The zero-order valence-corrected chi connectivity index (χ0v) is 42.1. The summed E-state index contributed by atoms with van der Waals surface area (Å²) >= 11 is 0. The van der Waals surface area contributed by atoms with Crippen molar-refractivity contribution in [1.82, 2.24) is 0 Å². The molecule has 11 heteroatoms. The number of benzene rings is 4. The Bertz CT molecular complexity index is 2100. The molecule has 0 aromatic heterocycles. The second kappa shape index (κ2) is 22.8. The van der Waals surface area contributed by atoms with Crippen LogP contribution in [0.15, 0.2) is 105 Å². The maximum Gasteiger partial charge on any atom is 2.00 e. The first-order chi connectivity index (χ1) is 29.7. The van der Waals surface area contributed by atoms with E-state index in [4.69, 9.17) is 18.9 Å². The molecule has 334 valence electrons. The predicted molar refractivity (Wildman–Crippen MR) is 266 cm³/mol. The van der Waals surface area contributed by atoms with Crippen molar-refractivity contribution in [3.05, 3.63) is 150 Å². The maximum atomic E-state index is 11.3. The second-order valence-electron chi connectivity index (χ2n) is 16.0. The molecule has 0 N–H and O–H groups in total. The van der Waals surface area contributed by atoms with E-state index in [1.165, 1.54) is 43.0 Å². The monoisotopic (exact) mass is 928 g/mol. The van der Waals surface area contributed by atoms with Crippen molar-refractivity contribution >= 4 is 49.5 Å². The molecule has 4 aromatic carbocycles. The number of nitrogens with zero attached hydrogens (tertiary/aromatic N) is 2. The summed E-state index contributed by atoms with van der Waals surface area (Å²) in [4.78, 5) is 0. The molecule has 8 nitrogen and oxygen atoms in total. The number of methoxy groups -OCH3 is 4. The quantitative estimate of drug-likeness (QED) is 0.0539. The summed E-state index contributed by atoms with van der Waals surface area (Å²) in [5.41, 5.74) is 11.4. The van der Waals surface area contributed by atoms with Crippen molar-refractivity contribution < 1.29 is 36.0 Å². The average molecular weight is 929 g/mol. The Kier molecular flexibility index (Phi) is 18.5. The van der Waals surface area contributed by atoms with E-state index in [-0.39, 0.29) is 28.9 Å². The zero-order chi connectivity index (χ0) is 45.4. The summed E-state index contributed by atoms with van der Waals surface area (Å²) in [5.74, 6) is 3.58. The van der Waals surface area contributed by atoms with Crippen molar-refractivity contribution in [2.24, 2.45) is 22.1 Å². The Morgan fingerprint density at radius 3 is 0.841 bits per heavy atom. The molecular weight excluding hydrogens is 866 g/mol. The topological polar surface area (TPSA) is 108 Å². The molecule has 0 fully saturated rings. The Hall–Kier alpha value is -4.64. The van der Waals surface area contributed by atoms with Gasteiger partial charge in [0.25, 0.3) is 0 Å². The Labute approximate surface area is 388 Å². The molecular formula is C52H62FeN2O6P2. The molecule has 0 bridgehead atoms. The third kappa shape index (κ3) is 10.8. The predicted octanol–water partition coefficient (Wildman–Crippen LogP) is 11.6. The minimum atomic E-state index is -0.867. The molecule has 0 saturated carbocycles. The van der Waals surface area contributed by atoms with Gasteiger partial charge in [-0.2, -0.15) is 0 Å². The summed E-state index contributed by atoms with van der Waals surface area (Å²) in [7, 11) is 5.12. The van der Waals surface area contributed by atoms with Crippen LogP contribution < -0.4 is 40.2 Å². The van der Waals surface area contributed by atoms with Crippen molar-refractivity contribution in [3.63, 3.8) is 0 Å². The largest absolute Gasteiger partial charge is 2.00 e. The van der Waals surface area contributed by atoms with E-state index < -0.39 is 15.8 Å². The smallest absolute Gasteiger partial charge is 0.792 e. The summed E-state index contributed by atoms with van der Waals surface area (Å²) in [6.45, 7) is 20.9. The molecule has 0 saturated heterocycles. The van der Waals surface area contributed by atoms with Crippen LogP contribution in [0.3, 0.4) is 0 Å². The SMILES string of the molecule is CCC1=CC=C(P(c2cc(C)c(OC)c(C)c2)c2cc(C)c(OC)c(C)c2)C1/C=N/[O-].CCC1=CC=C(P(c2cc(C)c(OC)c(C)c2)c2cc(C)c(OC)c(C)c2)C1/C=N/[O-].[Fe+2]. The first kappa shape index (κ1) is 51.0. The summed E-state index contributed by atoms with van der Waals surface area (Å²) in [5, 5.41) is 36.3. The molecule has 6 rings (SSSR count). The van der Waals surface area contributed by atoms with Crippen LogP contribution >= 0.6 is 15.8 Å². The van der Waals surface area contributed by atoms with E-state index in [1.54, 1.807) is 40.9 Å². The third-order valence-electron chi connectivity index (χ3n) is 11.8. The minimum Gasteiger partial charge on any atom is -0.792 e. The fourth-order valence-electron chi connectivity index (χ4n) is 9.16. The van der Waals surface area contributed by atoms with Crippen LogP contribution in [0, 0.1) is 77.6 Å². The molecule has 0 radical (unpaired) electrons. The van der Waals surface area contributed by atoms with Gasteiger partial charge in [-0.1, -0.05) is 49.3 Å². The van der Waals surface area contributed by atoms with Gasteiger partial charge >= 0.3 is 17.1 Å². The van der Waals surface area contributed by atoms with Gasteiger partial charge < -0.3 is 39.7 Å². The minimum absolute atomic E-state index is 0.